The topological polar surface area (TPSA) is 49.5 Å². The maximum absolute atomic E-state index is 6.70. The van der Waals surface area contributed by atoms with Crippen molar-refractivity contribution in [3.8, 4) is 0 Å². The van der Waals surface area contributed by atoms with E-state index in [4.69, 9.17) is 22.8 Å². The van der Waals surface area contributed by atoms with Gasteiger partial charge in [0.2, 0.25) is 0 Å². The molecule has 0 aromatic carbocycles. The fourth-order valence-corrected chi connectivity index (χ4v) is 5.87. The van der Waals surface area contributed by atoms with E-state index in [1.165, 1.54) is 0 Å². The van der Waals surface area contributed by atoms with Gasteiger partial charge in [-0.05, 0) is 46.0 Å². The molecule has 1 aliphatic heterocycles. The summed E-state index contributed by atoms with van der Waals surface area (Å²) in [5, 5.41) is 0. The molecule has 1 fully saturated rings. The van der Waals surface area contributed by atoms with Crippen LogP contribution in [0.25, 0.3) is 0 Å². The highest BCUT2D eigenvalue weighted by molar-refractivity contribution is 6.60. The standard InChI is InChI=1S/C19H40O5Si/c1-7-17(20-15-18-16-21-18)13-14-19(8-2,9-3)24-25(12-6,22-10-4)23-11-5/h17-18H,7-16H2,1-6H3. The molecule has 0 radical (unpaired) electrons. The van der Waals surface area contributed by atoms with E-state index < -0.39 is 8.80 Å². The monoisotopic (exact) mass is 376 g/mol. The van der Waals surface area contributed by atoms with Crippen LogP contribution >= 0.6 is 0 Å². The molecule has 0 amide bonds. The second-order valence-electron chi connectivity index (χ2n) is 6.75. The Morgan fingerprint density at radius 3 is 2.04 bits per heavy atom. The lowest BCUT2D eigenvalue weighted by molar-refractivity contribution is -0.0515. The highest BCUT2D eigenvalue weighted by Crippen LogP contribution is 2.34. The van der Waals surface area contributed by atoms with E-state index in [1.807, 2.05) is 13.8 Å². The average molecular weight is 377 g/mol. The first-order valence-corrected chi connectivity index (χ1v) is 12.2. The zero-order chi connectivity index (χ0) is 18.8. The van der Waals surface area contributed by atoms with Gasteiger partial charge in [0.15, 0.2) is 0 Å². The molecule has 1 saturated heterocycles. The molecule has 0 aromatic heterocycles. The second-order valence-corrected chi connectivity index (χ2v) is 9.61. The van der Waals surface area contributed by atoms with Gasteiger partial charge in [0.25, 0.3) is 0 Å². The molecule has 1 heterocycles. The molecule has 25 heavy (non-hydrogen) atoms. The van der Waals surface area contributed by atoms with Gasteiger partial charge in [-0.2, -0.15) is 0 Å². The number of hydrogen-bond donors (Lipinski definition) is 0. The summed E-state index contributed by atoms with van der Waals surface area (Å²) in [4.78, 5) is 0. The van der Waals surface area contributed by atoms with Gasteiger partial charge < -0.3 is 22.8 Å². The summed E-state index contributed by atoms with van der Waals surface area (Å²) < 4.78 is 30.1. The first kappa shape index (κ1) is 23.1. The lowest BCUT2D eigenvalue weighted by atomic mass is 9.90. The lowest BCUT2D eigenvalue weighted by Gasteiger charge is -2.41. The van der Waals surface area contributed by atoms with Crippen LogP contribution in [0.5, 0.6) is 0 Å². The number of epoxide rings is 1. The predicted molar refractivity (Wildman–Crippen MR) is 103 cm³/mol. The maximum Gasteiger partial charge on any atom is 0.501 e. The van der Waals surface area contributed by atoms with Crippen LogP contribution in [-0.4, -0.2) is 53.0 Å². The Morgan fingerprint density at radius 1 is 1.04 bits per heavy atom. The highest BCUT2D eigenvalue weighted by atomic mass is 28.4. The van der Waals surface area contributed by atoms with Gasteiger partial charge in [-0.1, -0.05) is 27.7 Å². The van der Waals surface area contributed by atoms with E-state index in [2.05, 4.69) is 27.7 Å². The highest BCUT2D eigenvalue weighted by Gasteiger charge is 2.46. The van der Waals surface area contributed by atoms with Crippen molar-refractivity contribution in [2.24, 2.45) is 0 Å². The summed E-state index contributed by atoms with van der Waals surface area (Å²) >= 11 is 0. The third kappa shape index (κ3) is 7.65. The van der Waals surface area contributed by atoms with Gasteiger partial charge in [0.1, 0.15) is 6.10 Å². The fourth-order valence-electron chi connectivity index (χ4n) is 3.18. The van der Waals surface area contributed by atoms with Gasteiger partial charge in [-0.25, -0.2) is 0 Å². The summed E-state index contributed by atoms with van der Waals surface area (Å²) in [7, 11) is -2.62. The molecule has 0 aliphatic carbocycles. The van der Waals surface area contributed by atoms with Crippen LogP contribution in [0.15, 0.2) is 0 Å². The van der Waals surface area contributed by atoms with Gasteiger partial charge in [-0.3, -0.25) is 0 Å². The Bertz CT molecular complexity index is 339. The van der Waals surface area contributed by atoms with Crippen LogP contribution in [0.4, 0.5) is 0 Å². The van der Waals surface area contributed by atoms with Crippen molar-refractivity contribution in [1.82, 2.24) is 0 Å². The summed E-state index contributed by atoms with van der Waals surface area (Å²) in [6.45, 7) is 15.6. The summed E-state index contributed by atoms with van der Waals surface area (Å²) in [6, 6.07) is 0.809. The van der Waals surface area contributed by atoms with Gasteiger partial charge in [0, 0.05) is 19.3 Å². The third-order valence-corrected chi connectivity index (χ3v) is 8.19. The Hall–Kier alpha value is 0.0169. The first-order valence-electron chi connectivity index (χ1n) is 10.2. The molecule has 2 unspecified atom stereocenters. The molecule has 0 saturated carbocycles. The van der Waals surface area contributed by atoms with Crippen LogP contribution < -0.4 is 0 Å². The molecule has 0 N–H and O–H groups in total. The van der Waals surface area contributed by atoms with E-state index >= 15 is 0 Å². The van der Waals surface area contributed by atoms with Crippen molar-refractivity contribution in [2.75, 3.05) is 26.4 Å². The van der Waals surface area contributed by atoms with Crippen molar-refractivity contribution in [2.45, 2.75) is 97.5 Å². The lowest BCUT2D eigenvalue weighted by Crippen LogP contribution is -2.52. The van der Waals surface area contributed by atoms with Crippen LogP contribution in [0.2, 0.25) is 6.04 Å². The Morgan fingerprint density at radius 2 is 1.64 bits per heavy atom. The van der Waals surface area contributed by atoms with Crippen molar-refractivity contribution in [3.05, 3.63) is 0 Å². The van der Waals surface area contributed by atoms with Crippen LogP contribution in [0.1, 0.15) is 73.6 Å². The molecule has 6 heteroatoms. The number of rotatable bonds is 16. The average Bonchev–Trinajstić information content (AvgIpc) is 3.45. The molecular formula is C19H40O5Si. The minimum absolute atomic E-state index is 0.195. The van der Waals surface area contributed by atoms with Crippen molar-refractivity contribution < 1.29 is 22.8 Å². The normalized spacial score (nSPS) is 19.2. The van der Waals surface area contributed by atoms with E-state index in [9.17, 15) is 0 Å². The third-order valence-electron chi connectivity index (χ3n) is 5.12. The van der Waals surface area contributed by atoms with Gasteiger partial charge >= 0.3 is 8.80 Å². The zero-order valence-electron chi connectivity index (χ0n) is 17.3. The number of ether oxygens (including phenoxy) is 2. The SMILES string of the molecule is CCO[Si](CC)(OCC)OC(CC)(CC)CCC(CC)OCC1CO1. The molecule has 1 aliphatic rings. The fraction of sp³-hybridized carbons (Fsp3) is 1.00. The van der Waals surface area contributed by atoms with E-state index in [1.54, 1.807) is 0 Å². The predicted octanol–water partition coefficient (Wildman–Crippen LogP) is 4.57. The minimum atomic E-state index is -2.62. The molecule has 0 spiro atoms. The molecule has 2 atom stereocenters. The Balaban J connectivity index is 2.70. The van der Waals surface area contributed by atoms with Crippen LogP contribution in [0, 0.1) is 0 Å². The Labute approximate surface area is 156 Å². The quantitative estimate of drug-likeness (QED) is 0.292. The second kappa shape index (κ2) is 11.7. The summed E-state index contributed by atoms with van der Waals surface area (Å²) in [5.74, 6) is 0. The van der Waals surface area contributed by atoms with E-state index in [0.717, 1.165) is 51.4 Å². The maximum atomic E-state index is 6.70. The van der Waals surface area contributed by atoms with Crippen molar-refractivity contribution in [3.63, 3.8) is 0 Å². The molecule has 0 bridgehead atoms. The zero-order valence-corrected chi connectivity index (χ0v) is 18.3. The number of hydrogen-bond acceptors (Lipinski definition) is 5. The molecule has 150 valence electrons. The minimum Gasteiger partial charge on any atom is -0.375 e. The summed E-state index contributed by atoms with van der Waals surface area (Å²) in [6.07, 6.45) is 5.49. The van der Waals surface area contributed by atoms with Crippen molar-refractivity contribution >= 4 is 8.80 Å². The largest absolute Gasteiger partial charge is 0.501 e. The molecular weight excluding hydrogens is 336 g/mol. The van der Waals surface area contributed by atoms with Gasteiger partial charge in [-0.15, -0.1) is 0 Å². The molecule has 5 nitrogen and oxygen atoms in total. The Kier molecular flexibility index (Phi) is 10.8. The molecule has 0 aromatic rings. The van der Waals surface area contributed by atoms with Gasteiger partial charge in [0.05, 0.1) is 24.9 Å². The smallest absolute Gasteiger partial charge is 0.375 e. The van der Waals surface area contributed by atoms with E-state index in [-0.39, 0.29) is 11.7 Å². The van der Waals surface area contributed by atoms with E-state index in [0.29, 0.717) is 19.3 Å². The summed E-state index contributed by atoms with van der Waals surface area (Å²) in [5.41, 5.74) is -0.195. The first-order chi connectivity index (χ1) is 12.0. The molecule has 1 rings (SSSR count). The van der Waals surface area contributed by atoms with Crippen molar-refractivity contribution in [1.29, 1.82) is 0 Å². The van der Waals surface area contributed by atoms with Crippen LogP contribution in [0.3, 0.4) is 0 Å². The van der Waals surface area contributed by atoms with Crippen LogP contribution in [-0.2, 0) is 22.8 Å².